The minimum Gasteiger partial charge on any atom is -0.303 e. The topological polar surface area (TPSA) is 38.1 Å². The number of likely N-dealkylation sites (tertiary alicyclic amines) is 1. The first kappa shape index (κ1) is 12.3. The second-order valence-electron chi connectivity index (χ2n) is 4.81. The number of aryl methyl sites for hydroxylation is 1. The zero-order valence-corrected chi connectivity index (χ0v) is 10.9. The highest BCUT2D eigenvalue weighted by Crippen LogP contribution is 2.25. The van der Waals surface area contributed by atoms with Crippen molar-refractivity contribution in [3.63, 3.8) is 0 Å². The fourth-order valence-electron chi connectivity index (χ4n) is 2.68. The number of hydrogen-bond acceptors (Lipinski definition) is 3. The van der Waals surface area contributed by atoms with E-state index in [1.165, 1.54) is 0 Å². The fourth-order valence-corrected chi connectivity index (χ4v) is 2.68. The molecule has 1 aliphatic rings. The van der Waals surface area contributed by atoms with Crippen molar-refractivity contribution < 1.29 is 4.79 Å². The lowest BCUT2D eigenvalue weighted by Crippen LogP contribution is -2.34. The molecule has 1 saturated heterocycles. The predicted molar refractivity (Wildman–Crippen MR) is 67.5 cm³/mol. The van der Waals surface area contributed by atoms with Gasteiger partial charge < -0.3 is 4.90 Å². The number of carbonyl (C=O) groups excluding carboxylic acids is 1. The Bertz CT molecular complexity index is 403. The SMILES string of the molecule is CCN1CCC(n2nc(C)c(C=O)c2C)CC1. The first-order valence-electron chi connectivity index (χ1n) is 6.40. The van der Waals surface area contributed by atoms with Gasteiger partial charge in [0.05, 0.1) is 17.3 Å². The van der Waals surface area contributed by atoms with Crippen molar-refractivity contribution >= 4 is 6.29 Å². The summed E-state index contributed by atoms with van der Waals surface area (Å²) in [6, 6.07) is 0.463. The van der Waals surface area contributed by atoms with E-state index in [0.29, 0.717) is 6.04 Å². The second-order valence-corrected chi connectivity index (χ2v) is 4.81. The molecule has 0 atom stereocenters. The molecule has 94 valence electrons. The molecule has 1 aromatic rings. The highest BCUT2D eigenvalue weighted by Gasteiger charge is 2.23. The van der Waals surface area contributed by atoms with Gasteiger partial charge in [0.15, 0.2) is 6.29 Å². The first-order valence-corrected chi connectivity index (χ1v) is 6.40. The number of piperidine rings is 1. The van der Waals surface area contributed by atoms with Gasteiger partial charge >= 0.3 is 0 Å². The van der Waals surface area contributed by atoms with Gasteiger partial charge in [-0.1, -0.05) is 6.92 Å². The van der Waals surface area contributed by atoms with Gasteiger partial charge in [0.25, 0.3) is 0 Å². The smallest absolute Gasteiger partial charge is 0.153 e. The van der Waals surface area contributed by atoms with Crippen LogP contribution in [0.4, 0.5) is 0 Å². The molecule has 0 saturated carbocycles. The summed E-state index contributed by atoms with van der Waals surface area (Å²) in [5.41, 5.74) is 2.64. The van der Waals surface area contributed by atoms with Gasteiger partial charge in [0, 0.05) is 18.8 Å². The fraction of sp³-hybridized carbons (Fsp3) is 0.692. The normalized spacial score (nSPS) is 18.5. The molecule has 4 nitrogen and oxygen atoms in total. The van der Waals surface area contributed by atoms with Crippen LogP contribution in [0, 0.1) is 13.8 Å². The quantitative estimate of drug-likeness (QED) is 0.752. The Kier molecular flexibility index (Phi) is 3.62. The minimum absolute atomic E-state index is 0.463. The van der Waals surface area contributed by atoms with Crippen LogP contribution in [0.25, 0.3) is 0 Å². The second kappa shape index (κ2) is 5.00. The molecular weight excluding hydrogens is 214 g/mol. The Labute approximate surface area is 103 Å². The van der Waals surface area contributed by atoms with Crippen molar-refractivity contribution in [3.05, 3.63) is 17.0 Å². The summed E-state index contributed by atoms with van der Waals surface area (Å²) in [6.45, 7) is 9.51. The average molecular weight is 235 g/mol. The molecule has 0 radical (unpaired) electrons. The summed E-state index contributed by atoms with van der Waals surface area (Å²) in [5.74, 6) is 0. The lowest BCUT2D eigenvalue weighted by molar-refractivity contribution is 0.112. The third kappa shape index (κ3) is 2.27. The lowest BCUT2D eigenvalue weighted by atomic mass is 10.0. The summed E-state index contributed by atoms with van der Waals surface area (Å²) in [5, 5.41) is 4.52. The number of aldehydes is 1. The predicted octanol–water partition coefficient (Wildman–Crippen LogP) is 1.97. The van der Waals surface area contributed by atoms with E-state index in [9.17, 15) is 4.79 Å². The molecule has 0 N–H and O–H groups in total. The van der Waals surface area contributed by atoms with Gasteiger partial charge in [-0.15, -0.1) is 0 Å². The van der Waals surface area contributed by atoms with Crippen LogP contribution >= 0.6 is 0 Å². The maximum absolute atomic E-state index is 11.0. The van der Waals surface area contributed by atoms with Crippen LogP contribution in [0.5, 0.6) is 0 Å². The molecule has 17 heavy (non-hydrogen) atoms. The first-order chi connectivity index (χ1) is 8.17. The zero-order chi connectivity index (χ0) is 12.4. The Morgan fingerprint density at radius 1 is 1.35 bits per heavy atom. The molecule has 2 heterocycles. The molecule has 1 aliphatic heterocycles. The van der Waals surface area contributed by atoms with Gasteiger partial charge in [0.2, 0.25) is 0 Å². The van der Waals surface area contributed by atoms with E-state index in [-0.39, 0.29) is 0 Å². The van der Waals surface area contributed by atoms with E-state index in [1.807, 2.05) is 13.8 Å². The summed E-state index contributed by atoms with van der Waals surface area (Å²) in [7, 11) is 0. The van der Waals surface area contributed by atoms with Crippen LogP contribution in [0.15, 0.2) is 0 Å². The maximum Gasteiger partial charge on any atom is 0.153 e. The standard InChI is InChI=1S/C13H21N3O/c1-4-15-7-5-12(6-8-15)16-11(3)13(9-17)10(2)14-16/h9,12H,4-8H2,1-3H3. The van der Waals surface area contributed by atoms with E-state index in [0.717, 1.165) is 55.7 Å². The van der Waals surface area contributed by atoms with Gasteiger partial charge in [-0.2, -0.15) is 5.10 Å². The van der Waals surface area contributed by atoms with Crippen LogP contribution in [0.2, 0.25) is 0 Å². The van der Waals surface area contributed by atoms with Crippen molar-refractivity contribution in [1.82, 2.24) is 14.7 Å². The van der Waals surface area contributed by atoms with Gasteiger partial charge in [-0.3, -0.25) is 9.48 Å². The van der Waals surface area contributed by atoms with Gasteiger partial charge in [0.1, 0.15) is 0 Å². The van der Waals surface area contributed by atoms with E-state index < -0.39 is 0 Å². The van der Waals surface area contributed by atoms with Crippen LogP contribution in [0.1, 0.15) is 47.6 Å². The monoisotopic (exact) mass is 235 g/mol. The highest BCUT2D eigenvalue weighted by atomic mass is 16.1. The molecule has 1 fully saturated rings. The Hall–Kier alpha value is -1.16. The largest absolute Gasteiger partial charge is 0.303 e. The summed E-state index contributed by atoms with van der Waals surface area (Å²) in [6.07, 6.45) is 3.19. The molecule has 0 bridgehead atoms. The molecule has 0 amide bonds. The molecular formula is C13H21N3O. The third-order valence-electron chi connectivity index (χ3n) is 3.85. The highest BCUT2D eigenvalue weighted by molar-refractivity contribution is 5.78. The third-order valence-corrected chi connectivity index (χ3v) is 3.85. The van der Waals surface area contributed by atoms with E-state index in [4.69, 9.17) is 0 Å². The number of nitrogens with zero attached hydrogens (tertiary/aromatic N) is 3. The van der Waals surface area contributed by atoms with E-state index in [2.05, 4.69) is 21.6 Å². The Morgan fingerprint density at radius 3 is 2.47 bits per heavy atom. The molecule has 0 aliphatic carbocycles. The Balaban J connectivity index is 2.16. The molecule has 2 rings (SSSR count). The van der Waals surface area contributed by atoms with Crippen LogP contribution in [-0.2, 0) is 0 Å². The summed E-state index contributed by atoms with van der Waals surface area (Å²) in [4.78, 5) is 13.4. The van der Waals surface area contributed by atoms with Crippen molar-refractivity contribution in [2.45, 2.75) is 39.7 Å². The minimum atomic E-state index is 0.463. The summed E-state index contributed by atoms with van der Waals surface area (Å²) >= 11 is 0. The van der Waals surface area contributed by atoms with E-state index in [1.54, 1.807) is 0 Å². The zero-order valence-electron chi connectivity index (χ0n) is 10.9. The lowest BCUT2D eigenvalue weighted by Gasteiger charge is -2.31. The molecule has 1 aromatic heterocycles. The van der Waals surface area contributed by atoms with Gasteiger partial charge in [-0.05, 0) is 33.2 Å². The molecule has 0 unspecified atom stereocenters. The van der Waals surface area contributed by atoms with Crippen molar-refractivity contribution in [3.8, 4) is 0 Å². The van der Waals surface area contributed by atoms with Crippen LogP contribution in [-0.4, -0.2) is 40.6 Å². The van der Waals surface area contributed by atoms with Gasteiger partial charge in [-0.25, -0.2) is 0 Å². The van der Waals surface area contributed by atoms with Crippen molar-refractivity contribution in [2.24, 2.45) is 0 Å². The maximum atomic E-state index is 11.0. The molecule has 4 heteroatoms. The van der Waals surface area contributed by atoms with Crippen LogP contribution < -0.4 is 0 Å². The molecule has 0 spiro atoms. The van der Waals surface area contributed by atoms with E-state index >= 15 is 0 Å². The summed E-state index contributed by atoms with van der Waals surface area (Å²) < 4.78 is 2.06. The van der Waals surface area contributed by atoms with Crippen molar-refractivity contribution in [1.29, 1.82) is 0 Å². The van der Waals surface area contributed by atoms with Crippen molar-refractivity contribution in [2.75, 3.05) is 19.6 Å². The number of aromatic nitrogens is 2. The average Bonchev–Trinajstić information content (AvgIpc) is 2.64. The number of carbonyl (C=O) groups is 1. The Morgan fingerprint density at radius 2 is 2.00 bits per heavy atom. The van der Waals surface area contributed by atoms with Crippen LogP contribution in [0.3, 0.4) is 0 Å². The molecule has 0 aromatic carbocycles. The number of hydrogen-bond donors (Lipinski definition) is 0. The number of rotatable bonds is 3.